The molecular formula is C14H20FNO2. The summed E-state index contributed by atoms with van der Waals surface area (Å²) in [6, 6.07) is 4.57. The van der Waals surface area contributed by atoms with E-state index in [1.54, 1.807) is 13.0 Å². The van der Waals surface area contributed by atoms with Crippen LogP contribution in [0.15, 0.2) is 18.2 Å². The fourth-order valence-electron chi connectivity index (χ4n) is 1.75. The molecule has 0 aromatic heterocycles. The van der Waals surface area contributed by atoms with E-state index in [2.05, 4.69) is 0 Å². The zero-order chi connectivity index (χ0) is 13.5. The molecular weight excluding hydrogens is 233 g/mol. The monoisotopic (exact) mass is 253 g/mol. The molecule has 0 saturated carbocycles. The number of hydrogen-bond acceptors (Lipinski definition) is 2. The summed E-state index contributed by atoms with van der Waals surface area (Å²) in [6.45, 7) is 4.48. The molecule has 0 atom stereocenters. The number of unbranched alkanes of at least 4 members (excludes halogenated alkanes) is 1. The van der Waals surface area contributed by atoms with Gasteiger partial charge in [0, 0.05) is 13.1 Å². The van der Waals surface area contributed by atoms with Crippen LogP contribution >= 0.6 is 0 Å². The van der Waals surface area contributed by atoms with Gasteiger partial charge in [-0.25, -0.2) is 4.39 Å². The number of aliphatic hydroxyl groups excluding tert-OH is 1. The highest BCUT2D eigenvalue weighted by atomic mass is 19.1. The molecule has 100 valence electrons. The SMILES string of the molecule is CCCCN(CCO)C(=O)c1ccc(C)cc1F. The second kappa shape index (κ2) is 7.11. The summed E-state index contributed by atoms with van der Waals surface area (Å²) in [7, 11) is 0. The maximum atomic E-state index is 13.7. The Morgan fingerprint density at radius 3 is 2.67 bits per heavy atom. The van der Waals surface area contributed by atoms with Gasteiger partial charge in [-0.1, -0.05) is 19.4 Å². The number of carbonyl (C=O) groups excluding carboxylic acids is 1. The fraction of sp³-hybridized carbons (Fsp3) is 0.500. The number of aryl methyl sites for hydroxylation is 1. The average Bonchev–Trinajstić information content (AvgIpc) is 2.33. The Bertz CT molecular complexity index is 407. The fourth-order valence-corrected chi connectivity index (χ4v) is 1.75. The number of hydrogen-bond donors (Lipinski definition) is 1. The summed E-state index contributed by atoms with van der Waals surface area (Å²) >= 11 is 0. The third-order valence-corrected chi connectivity index (χ3v) is 2.79. The van der Waals surface area contributed by atoms with Gasteiger partial charge < -0.3 is 10.0 Å². The maximum absolute atomic E-state index is 13.7. The molecule has 0 bridgehead atoms. The van der Waals surface area contributed by atoms with Crippen LogP contribution in [0, 0.1) is 12.7 Å². The van der Waals surface area contributed by atoms with Crippen LogP contribution in [-0.2, 0) is 0 Å². The second-order valence-electron chi connectivity index (χ2n) is 4.35. The van der Waals surface area contributed by atoms with Crippen molar-refractivity contribution in [3.05, 3.63) is 35.1 Å². The molecule has 3 nitrogen and oxygen atoms in total. The van der Waals surface area contributed by atoms with Gasteiger partial charge in [0.2, 0.25) is 0 Å². The summed E-state index contributed by atoms with van der Waals surface area (Å²) in [5, 5.41) is 8.96. The summed E-state index contributed by atoms with van der Waals surface area (Å²) < 4.78 is 13.7. The highest BCUT2D eigenvalue weighted by Crippen LogP contribution is 2.13. The molecule has 1 rings (SSSR count). The first-order valence-electron chi connectivity index (χ1n) is 6.26. The van der Waals surface area contributed by atoms with Crippen LogP contribution in [-0.4, -0.2) is 35.6 Å². The predicted octanol–water partition coefficient (Wildman–Crippen LogP) is 2.37. The minimum atomic E-state index is -0.501. The van der Waals surface area contributed by atoms with Gasteiger partial charge in [-0.15, -0.1) is 0 Å². The Balaban J connectivity index is 2.87. The van der Waals surface area contributed by atoms with E-state index < -0.39 is 5.82 Å². The van der Waals surface area contributed by atoms with Crippen LogP contribution in [0.5, 0.6) is 0 Å². The van der Waals surface area contributed by atoms with Crippen molar-refractivity contribution in [2.75, 3.05) is 19.7 Å². The topological polar surface area (TPSA) is 40.5 Å². The van der Waals surface area contributed by atoms with Crippen LogP contribution in [0.3, 0.4) is 0 Å². The van der Waals surface area contributed by atoms with Crippen LogP contribution in [0.4, 0.5) is 4.39 Å². The molecule has 0 saturated heterocycles. The molecule has 0 unspecified atom stereocenters. The number of rotatable bonds is 6. The summed E-state index contributed by atoms with van der Waals surface area (Å²) in [5.41, 5.74) is 0.858. The van der Waals surface area contributed by atoms with Gasteiger partial charge >= 0.3 is 0 Å². The zero-order valence-electron chi connectivity index (χ0n) is 10.9. The molecule has 1 aromatic carbocycles. The van der Waals surface area contributed by atoms with E-state index in [1.807, 2.05) is 6.92 Å². The molecule has 0 radical (unpaired) electrons. The van der Waals surface area contributed by atoms with Gasteiger partial charge in [0.1, 0.15) is 5.82 Å². The predicted molar refractivity (Wildman–Crippen MR) is 69.0 cm³/mol. The molecule has 4 heteroatoms. The van der Waals surface area contributed by atoms with Gasteiger partial charge in [0.05, 0.1) is 12.2 Å². The third kappa shape index (κ3) is 3.81. The molecule has 0 aliphatic carbocycles. The van der Waals surface area contributed by atoms with E-state index in [9.17, 15) is 9.18 Å². The molecule has 0 heterocycles. The first-order chi connectivity index (χ1) is 8.60. The molecule has 0 spiro atoms. The van der Waals surface area contributed by atoms with Crippen molar-refractivity contribution < 1.29 is 14.3 Å². The van der Waals surface area contributed by atoms with E-state index >= 15 is 0 Å². The third-order valence-electron chi connectivity index (χ3n) is 2.79. The zero-order valence-corrected chi connectivity index (χ0v) is 10.9. The standard InChI is InChI=1S/C14H20FNO2/c1-3-4-7-16(8-9-17)14(18)12-6-5-11(2)10-13(12)15/h5-6,10,17H,3-4,7-9H2,1-2H3. The lowest BCUT2D eigenvalue weighted by molar-refractivity contribution is 0.0714. The number of halogens is 1. The molecule has 1 aromatic rings. The smallest absolute Gasteiger partial charge is 0.256 e. The first kappa shape index (κ1) is 14.6. The van der Waals surface area contributed by atoms with Crippen molar-refractivity contribution in [2.45, 2.75) is 26.7 Å². The summed E-state index contributed by atoms with van der Waals surface area (Å²) in [5.74, 6) is -0.852. The van der Waals surface area contributed by atoms with E-state index in [0.29, 0.717) is 6.54 Å². The molecule has 0 aliphatic heterocycles. The van der Waals surface area contributed by atoms with Gasteiger partial charge in [0.25, 0.3) is 5.91 Å². The number of amides is 1. The van der Waals surface area contributed by atoms with Crippen molar-refractivity contribution >= 4 is 5.91 Å². The minimum Gasteiger partial charge on any atom is -0.395 e. The van der Waals surface area contributed by atoms with Gasteiger partial charge in [-0.05, 0) is 31.0 Å². The molecule has 0 fully saturated rings. The molecule has 1 N–H and O–H groups in total. The van der Waals surface area contributed by atoms with Gasteiger partial charge in [0.15, 0.2) is 0 Å². The Labute approximate surface area is 107 Å². The van der Waals surface area contributed by atoms with Gasteiger partial charge in [-0.2, -0.15) is 0 Å². The number of aliphatic hydroxyl groups is 1. The van der Waals surface area contributed by atoms with E-state index in [-0.39, 0.29) is 24.6 Å². The van der Waals surface area contributed by atoms with Crippen LogP contribution in [0.1, 0.15) is 35.7 Å². The number of carbonyl (C=O) groups is 1. The van der Waals surface area contributed by atoms with Gasteiger partial charge in [-0.3, -0.25) is 4.79 Å². The number of benzene rings is 1. The molecule has 1 amide bonds. The largest absolute Gasteiger partial charge is 0.395 e. The summed E-state index contributed by atoms with van der Waals surface area (Å²) in [6.07, 6.45) is 1.80. The van der Waals surface area contributed by atoms with Crippen LogP contribution in [0.2, 0.25) is 0 Å². The molecule has 0 aliphatic rings. The minimum absolute atomic E-state index is 0.0742. The highest BCUT2D eigenvalue weighted by Gasteiger charge is 2.18. The van der Waals surface area contributed by atoms with E-state index in [1.165, 1.54) is 17.0 Å². The maximum Gasteiger partial charge on any atom is 0.256 e. The normalized spacial score (nSPS) is 10.4. The Kier molecular flexibility index (Phi) is 5.78. The van der Waals surface area contributed by atoms with Crippen molar-refractivity contribution in [1.29, 1.82) is 0 Å². The Morgan fingerprint density at radius 2 is 2.11 bits per heavy atom. The first-order valence-corrected chi connectivity index (χ1v) is 6.26. The lowest BCUT2D eigenvalue weighted by Gasteiger charge is -2.21. The van der Waals surface area contributed by atoms with E-state index in [0.717, 1.165) is 18.4 Å². The lowest BCUT2D eigenvalue weighted by atomic mass is 10.1. The average molecular weight is 253 g/mol. The van der Waals surface area contributed by atoms with Crippen LogP contribution < -0.4 is 0 Å². The van der Waals surface area contributed by atoms with Crippen molar-refractivity contribution in [2.24, 2.45) is 0 Å². The van der Waals surface area contributed by atoms with Crippen molar-refractivity contribution in [1.82, 2.24) is 4.90 Å². The van der Waals surface area contributed by atoms with E-state index in [4.69, 9.17) is 5.11 Å². The van der Waals surface area contributed by atoms with Crippen molar-refractivity contribution in [3.63, 3.8) is 0 Å². The van der Waals surface area contributed by atoms with Crippen LogP contribution in [0.25, 0.3) is 0 Å². The summed E-state index contributed by atoms with van der Waals surface area (Å²) in [4.78, 5) is 13.6. The second-order valence-corrected chi connectivity index (χ2v) is 4.35. The highest BCUT2D eigenvalue weighted by molar-refractivity contribution is 5.94. The Morgan fingerprint density at radius 1 is 1.39 bits per heavy atom. The Hall–Kier alpha value is -1.42. The number of nitrogens with zero attached hydrogens (tertiary/aromatic N) is 1. The molecule has 18 heavy (non-hydrogen) atoms. The lowest BCUT2D eigenvalue weighted by Crippen LogP contribution is -2.35. The quantitative estimate of drug-likeness (QED) is 0.845. The van der Waals surface area contributed by atoms with Crippen molar-refractivity contribution in [3.8, 4) is 0 Å².